The van der Waals surface area contributed by atoms with Crippen LogP contribution in [-0.2, 0) is 17.8 Å². The van der Waals surface area contributed by atoms with Crippen LogP contribution in [0.2, 0.25) is 0 Å². The third-order valence-electron chi connectivity index (χ3n) is 4.68. The molecule has 1 aromatic carbocycles. The van der Waals surface area contributed by atoms with Gasteiger partial charge in [0, 0.05) is 32.6 Å². The Morgan fingerprint density at radius 1 is 1.22 bits per heavy atom. The quantitative estimate of drug-likeness (QED) is 0.939. The van der Waals surface area contributed by atoms with E-state index in [1.54, 1.807) is 0 Å². The van der Waals surface area contributed by atoms with E-state index in [0.29, 0.717) is 6.54 Å². The van der Waals surface area contributed by atoms with E-state index in [1.165, 1.54) is 11.1 Å². The van der Waals surface area contributed by atoms with Crippen LogP contribution in [0.4, 0.5) is 0 Å². The third kappa shape index (κ3) is 3.24. The van der Waals surface area contributed by atoms with Crippen molar-refractivity contribution in [2.24, 2.45) is 0 Å². The average molecular weight is 314 g/mol. The maximum absolute atomic E-state index is 12.7. The van der Waals surface area contributed by atoms with Crippen molar-refractivity contribution in [1.29, 1.82) is 0 Å². The van der Waals surface area contributed by atoms with Crippen molar-refractivity contribution < 1.29 is 4.79 Å². The molecule has 0 unspecified atom stereocenters. The molecule has 1 amide bonds. The summed E-state index contributed by atoms with van der Waals surface area (Å²) in [5, 5.41) is 3.29. The van der Waals surface area contributed by atoms with Gasteiger partial charge in [0.25, 0.3) is 0 Å². The summed E-state index contributed by atoms with van der Waals surface area (Å²) in [6, 6.07) is 4.30. The van der Waals surface area contributed by atoms with E-state index in [0.717, 1.165) is 55.9 Å². The van der Waals surface area contributed by atoms with Crippen molar-refractivity contribution >= 4 is 16.9 Å². The molecule has 23 heavy (non-hydrogen) atoms. The van der Waals surface area contributed by atoms with Gasteiger partial charge in [-0.3, -0.25) is 4.79 Å². The maximum Gasteiger partial charge on any atom is 0.242 e. The Bertz CT molecular complexity index is 713. The molecule has 0 aliphatic carbocycles. The highest BCUT2D eigenvalue weighted by Gasteiger charge is 2.19. The summed E-state index contributed by atoms with van der Waals surface area (Å²) in [5.74, 6) is 1.22. The lowest BCUT2D eigenvalue weighted by Crippen LogP contribution is -2.47. The van der Waals surface area contributed by atoms with Gasteiger partial charge in [-0.1, -0.05) is 6.92 Å². The topological polar surface area (TPSA) is 50.2 Å². The van der Waals surface area contributed by atoms with Crippen LogP contribution in [0, 0.1) is 13.8 Å². The van der Waals surface area contributed by atoms with Gasteiger partial charge in [-0.15, -0.1) is 0 Å². The molecule has 124 valence electrons. The summed E-state index contributed by atoms with van der Waals surface area (Å²) in [6.07, 6.45) is 1.94. The van der Waals surface area contributed by atoms with Gasteiger partial charge in [-0.25, -0.2) is 4.98 Å². The minimum absolute atomic E-state index is 0.196. The number of fused-ring (bicyclic) bond motifs is 1. The second kappa shape index (κ2) is 6.71. The highest BCUT2D eigenvalue weighted by Crippen LogP contribution is 2.22. The van der Waals surface area contributed by atoms with Crippen LogP contribution >= 0.6 is 0 Å². The monoisotopic (exact) mass is 314 g/mol. The van der Waals surface area contributed by atoms with Gasteiger partial charge in [0.05, 0.1) is 11.0 Å². The van der Waals surface area contributed by atoms with Crippen molar-refractivity contribution in [1.82, 2.24) is 19.8 Å². The Morgan fingerprint density at radius 3 is 2.61 bits per heavy atom. The third-order valence-corrected chi connectivity index (χ3v) is 4.68. The molecule has 1 aliphatic rings. The van der Waals surface area contributed by atoms with E-state index in [-0.39, 0.29) is 5.91 Å². The molecule has 3 rings (SSSR count). The molecule has 1 fully saturated rings. The van der Waals surface area contributed by atoms with Crippen LogP contribution in [0.3, 0.4) is 0 Å². The van der Waals surface area contributed by atoms with Crippen LogP contribution in [-0.4, -0.2) is 46.5 Å². The normalized spacial score (nSPS) is 15.3. The second-order valence-corrected chi connectivity index (χ2v) is 6.42. The second-order valence-electron chi connectivity index (χ2n) is 6.42. The Morgan fingerprint density at radius 2 is 1.91 bits per heavy atom. The summed E-state index contributed by atoms with van der Waals surface area (Å²) in [5.41, 5.74) is 4.58. The first kappa shape index (κ1) is 16.0. The summed E-state index contributed by atoms with van der Waals surface area (Å²) in [7, 11) is 0. The number of benzene rings is 1. The lowest BCUT2D eigenvalue weighted by Gasteiger charge is -2.28. The van der Waals surface area contributed by atoms with Gasteiger partial charge in [0.1, 0.15) is 12.4 Å². The van der Waals surface area contributed by atoms with E-state index in [2.05, 4.69) is 42.8 Å². The van der Waals surface area contributed by atoms with Crippen molar-refractivity contribution in [3.05, 3.63) is 29.1 Å². The number of carbonyl (C=O) groups excluding carboxylic acids is 1. The number of amides is 1. The number of piperazine rings is 1. The van der Waals surface area contributed by atoms with Gasteiger partial charge in [0.2, 0.25) is 5.91 Å². The zero-order valence-corrected chi connectivity index (χ0v) is 14.4. The fourth-order valence-electron chi connectivity index (χ4n) is 3.17. The highest BCUT2D eigenvalue weighted by molar-refractivity contribution is 5.82. The predicted octanol–water partition coefficient (Wildman–Crippen LogP) is 2.04. The number of nitrogens with zero attached hydrogens (tertiary/aromatic N) is 3. The summed E-state index contributed by atoms with van der Waals surface area (Å²) in [6.45, 7) is 10.1. The number of carbonyl (C=O) groups is 1. The summed E-state index contributed by atoms with van der Waals surface area (Å²) in [4.78, 5) is 19.4. The van der Waals surface area contributed by atoms with Gasteiger partial charge >= 0.3 is 0 Å². The first-order valence-corrected chi connectivity index (χ1v) is 8.55. The zero-order chi connectivity index (χ0) is 16.4. The molecule has 1 aliphatic heterocycles. The fraction of sp³-hybridized carbons (Fsp3) is 0.556. The van der Waals surface area contributed by atoms with Crippen molar-refractivity contribution in [2.45, 2.75) is 40.2 Å². The van der Waals surface area contributed by atoms with Gasteiger partial charge < -0.3 is 14.8 Å². The molecule has 1 saturated heterocycles. The first-order chi connectivity index (χ1) is 11.1. The predicted molar refractivity (Wildman–Crippen MR) is 92.7 cm³/mol. The molecule has 0 bridgehead atoms. The van der Waals surface area contributed by atoms with Crippen LogP contribution in [0.5, 0.6) is 0 Å². The number of hydrogen-bond donors (Lipinski definition) is 1. The van der Waals surface area contributed by atoms with E-state index < -0.39 is 0 Å². The van der Waals surface area contributed by atoms with E-state index >= 15 is 0 Å². The van der Waals surface area contributed by atoms with Crippen molar-refractivity contribution in [2.75, 3.05) is 26.2 Å². The zero-order valence-electron chi connectivity index (χ0n) is 14.4. The molecule has 1 N–H and O–H groups in total. The number of hydrogen-bond acceptors (Lipinski definition) is 3. The number of rotatable bonds is 4. The van der Waals surface area contributed by atoms with E-state index in [1.807, 2.05) is 4.90 Å². The number of aromatic nitrogens is 2. The molecule has 0 radical (unpaired) electrons. The number of nitrogens with one attached hydrogen (secondary N) is 1. The van der Waals surface area contributed by atoms with Crippen molar-refractivity contribution in [3.63, 3.8) is 0 Å². The lowest BCUT2D eigenvalue weighted by atomic mass is 10.1. The molecular formula is C18H26N4O. The Kier molecular flexibility index (Phi) is 4.66. The van der Waals surface area contributed by atoms with Crippen molar-refractivity contribution in [3.8, 4) is 0 Å². The molecule has 0 atom stereocenters. The molecule has 0 saturated carbocycles. The molecular weight excluding hydrogens is 288 g/mol. The molecule has 5 nitrogen and oxygen atoms in total. The average Bonchev–Trinajstić information content (AvgIpc) is 2.86. The summed E-state index contributed by atoms with van der Waals surface area (Å²) >= 11 is 0. The van der Waals surface area contributed by atoms with E-state index in [9.17, 15) is 4.79 Å². The lowest BCUT2D eigenvalue weighted by molar-refractivity contribution is -0.132. The minimum Gasteiger partial charge on any atom is -0.339 e. The molecule has 1 aromatic heterocycles. The summed E-state index contributed by atoms with van der Waals surface area (Å²) < 4.78 is 2.12. The van der Waals surface area contributed by atoms with E-state index in [4.69, 9.17) is 4.98 Å². The van der Waals surface area contributed by atoms with Gasteiger partial charge in [-0.05, 0) is 43.5 Å². The fourth-order valence-corrected chi connectivity index (χ4v) is 3.17. The SMILES string of the molecule is CCCc1nc2cc(C)c(C)cc2n1CC(=O)N1CCNCC1. The molecule has 0 spiro atoms. The van der Waals surface area contributed by atoms with Crippen LogP contribution in [0.25, 0.3) is 11.0 Å². The largest absolute Gasteiger partial charge is 0.339 e. The number of imidazole rings is 1. The first-order valence-electron chi connectivity index (χ1n) is 8.55. The maximum atomic E-state index is 12.7. The van der Waals surface area contributed by atoms with Crippen LogP contribution in [0.1, 0.15) is 30.3 Å². The standard InChI is InChI=1S/C18H26N4O/c1-4-5-17-20-15-10-13(2)14(3)11-16(15)22(17)12-18(23)21-8-6-19-7-9-21/h10-11,19H,4-9,12H2,1-3H3. The highest BCUT2D eigenvalue weighted by atomic mass is 16.2. The molecule has 5 heteroatoms. The minimum atomic E-state index is 0.196. The van der Waals surface area contributed by atoms with Crippen LogP contribution < -0.4 is 5.32 Å². The van der Waals surface area contributed by atoms with Crippen LogP contribution in [0.15, 0.2) is 12.1 Å². The van der Waals surface area contributed by atoms with Gasteiger partial charge in [-0.2, -0.15) is 0 Å². The Balaban J connectivity index is 1.95. The number of aryl methyl sites for hydroxylation is 3. The Labute approximate surface area is 137 Å². The van der Waals surface area contributed by atoms with Gasteiger partial charge in [0.15, 0.2) is 0 Å². The smallest absolute Gasteiger partial charge is 0.242 e. The molecule has 2 aromatic rings. The molecule has 2 heterocycles. The Hall–Kier alpha value is -1.88.